The van der Waals surface area contributed by atoms with Crippen LogP contribution in [-0.2, 0) is 12.7 Å². The van der Waals surface area contributed by atoms with E-state index >= 15 is 0 Å². The van der Waals surface area contributed by atoms with Crippen LogP contribution in [0.5, 0.6) is 5.88 Å². The molecule has 0 spiro atoms. The van der Waals surface area contributed by atoms with Crippen molar-refractivity contribution in [2.45, 2.75) is 63.4 Å². The van der Waals surface area contributed by atoms with Crippen molar-refractivity contribution >= 4 is 11.0 Å². The molecule has 6 heterocycles. The number of halogens is 3. The summed E-state index contributed by atoms with van der Waals surface area (Å²) in [7, 11) is 0. The average Bonchev–Trinajstić information content (AvgIpc) is 3.71. The number of piperidine rings is 1. The van der Waals surface area contributed by atoms with Crippen LogP contribution in [-0.4, -0.2) is 77.8 Å². The van der Waals surface area contributed by atoms with Crippen LogP contribution in [0.2, 0.25) is 0 Å². The normalized spacial score (nSPS) is 20.2. The van der Waals surface area contributed by atoms with Gasteiger partial charge in [-0.2, -0.15) is 18.3 Å². The molecule has 0 bridgehead atoms. The summed E-state index contributed by atoms with van der Waals surface area (Å²) in [5.74, 6) is 0.0850. The molecule has 3 fully saturated rings. The third-order valence-electron chi connectivity index (χ3n) is 8.51. The Morgan fingerprint density at radius 3 is 2.61 bits per heavy atom. The first-order valence-corrected chi connectivity index (χ1v) is 14.3. The molecule has 4 aromatic rings. The predicted molar refractivity (Wildman–Crippen MR) is 146 cm³/mol. The zero-order chi connectivity index (χ0) is 28.0. The summed E-state index contributed by atoms with van der Waals surface area (Å²) in [6.07, 6.45) is 8.21. The summed E-state index contributed by atoms with van der Waals surface area (Å²) in [4.78, 5) is 20.3. The number of rotatable bonds is 7. The molecule has 4 aromatic heterocycles. The van der Waals surface area contributed by atoms with Crippen molar-refractivity contribution in [1.82, 2.24) is 39.5 Å². The molecule has 9 nitrogen and oxygen atoms in total. The first-order valence-electron chi connectivity index (χ1n) is 14.3. The number of pyridine rings is 1. The second kappa shape index (κ2) is 10.7. The van der Waals surface area contributed by atoms with Crippen molar-refractivity contribution in [3.63, 3.8) is 0 Å². The van der Waals surface area contributed by atoms with Gasteiger partial charge >= 0.3 is 6.18 Å². The summed E-state index contributed by atoms with van der Waals surface area (Å²) in [6, 6.07) is 6.52. The van der Waals surface area contributed by atoms with Crippen LogP contribution >= 0.6 is 0 Å². The standard InChI is InChI=1S/C29H32F3N8O/c30-29(31,32)25-11-19(16-38-7-1-2-8-38)12-26(37-25)41-23-4-9-39(10-5-23)21-13-22(14-21)40-17-20(15-36-40)27-24-3-6-33-28(24)35-18-34-27/h3,6,11-12,15,17-18,21,23H,1-2,4-5,7-10,13-14,16H2,(H,33,34,35). The minimum Gasteiger partial charge on any atom is -0.474 e. The molecular weight excluding hydrogens is 533 g/mol. The van der Waals surface area contributed by atoms with E-state index in [-0.39, 0.29) is 12.0 Å². The topological polar surface area (TPSA) is 88.0 Å². The molecule has 12 heteroatoms. The van der Waals surface area contributed by atoms with Gasteiger partial charge in [0, 0.05) is 55.1 Å². The molecule has 2 saturated heterocycles. The Balaban J connectivity index is 0.935. The first kappa shape index (κ1) is 26.4. The number of H-pyrrole nitrogens is 1. The second-order valence-corrected chi connectivity index (χ2v) is 11.3. The molecule has 0 amide bonds. The largest absolute Gasteiger partial charge is 0.474 e. The number of aromatic amines is 1. The van der Waals surface area contributed by atoms with Crippen molar-refractivity contribution in [3.05, 3.63) is 60.4 Å². The molecule has 0 unspecified atom stereocenters. The van der Waals surface area contributed by atoms with E-state index in [0.717, 1.165) is 93.1 Å². The highest BCUT2D eigenvalue weighted by molar-refractivity contribution is 5.90. The highest BCUT2D eigenvalue weighted by Gasteiger charge is 2.38. The maximum Gasteiger partial charge on any atom is 0.433 e. The van der Waals surface area contributed by atoms with Crippen molar-refractivity contribution in [2.75, 3.05) is 26.2 Å². The van der Waals surface area contributed by atoms with Crippen molar-refractivity contribution < 1.29 is 17.9 Å². The van der Waals surface area contributed by atoms with E-state index in [2.05, 4.69) is 34.8 Å². The summed E-state index contributed by atoms with van der Waals surface area (Å²) in [5, 5.41) is 5.56. The van der Waals surface area contributed by atoms with E-state index in [4.69, 9.17) is 4.74 Å². The van der Waals surface area contributed by atoms with Crippen molar-refractivity contribution in [3.8, 4) is 17.1 Å². The van der Waals surface area contributed by atoms with Crippen LogP contribution in [0.1, 0.15) is 49.8 Å². The summed E-state index contributed by atoms with van der Waals surface area (Å²) in [6.45, 7) is 4.02. The maximum atomic E-state index is 13.6. The highest BCUT2D eigenvalue weighted by Crippen LogP contribution is 2.37. The number of nitrogens with one attached hydrogen (secondary N) is 1. The molecule has 1 aliphatic carbocycles. The fraction of sp³-hybridized carbons (Fsp3) is 0.483. The van der Waals surface area contributed by atoms with Gasteiger partial charge in [-0.05, 0) is 69.3 Å². The first-order chi connectivity index (χ1) is 19.9. The van der Waals surface area contributed by atoms with Crippen LogP contribution in [0, 0.1) is 6.04 Å². The number of nitrogens with zero attached hydrogens (tertiary/aromatic N) is 7. The maximum absolute atomic E-state index is 13.6. The molecule has 3 aliphatic rings. The summed E-state index contributed by atoms with van der Waals surface area (Å²) >= 11 is 0. The van der Waals surface area contributed by atoms with E-state index in [1.54, 1.807) is 12.4 Å². The molecule has 2 aliphatic heterocycles. The van der Waals surface area contributed by atoms with Gasteiger partial charge in [-0.3, -0.25) is 14.5 Å². The molecule has 1 radical (unpaired) electrons. The Bertz CT molecular complexity index is 1500. The summed E-state index contributed by atoms with van der Waals surface area (Å²) in [5.41, 5.74) is 2.35. The number of ether oxygens (including phenoxy) is 1. The monoisotopic (exact) mass is 565 g/mol. The van der Waals surface area contributed by atoms with Gasteiger partial charge < -0.3 is 9.72 Å². The number of hydrogen-bond donors (Lipinski definition) is 1. The Morgan fingerprint density at radius 2 is 1.83 bits per heavy atom. The quantitative estimate of drug-likeness (QED) is 0.341. The lowest BCUT2D eigenvalue weighted by Crippen LogP contribution is -2.50. The summed E-state index contributed by atoms with van der Waals surface area (Å²) < 4.78 is 48.7. The van der Waals surface area contributed by atoms with Crippen LogP contribution in [0.15, 0.2) is 43.1 Å². The van der Waals surface area contributed by atoms with Crippen molar-refractivity contribution in [1.29, 1.82) is 0 Å². The molecular formula is C29H32F3N8O. The Labute approximate surface area is 235 Å². The van der Waals surface area contributed by atoms with Crippen LogP contribution < -0.4 is 4.74 Å². The van der Waals surface area contributed by atoms with E-state index in [1.165, 1.54) is 6.04 Å². The van der Waals surface area contributed by atoms with E-state index < -0.39 is 11.9 Å². The van der Waals surface area contributed by atoms with Gasteiger partial charge in [0.25, 0.3) is 0 Å². The number of likely N-dealkylation sites (tertiary alicyclic amines) is 2. The molecule has 0 atom stereocenters. The smallest absolute Gasteiger partial charge is 0.433 e. The van der Waals surface area contributed by atoms with E-state index in [9.17, 15) is 13.2 Å². The predicted octanol–water partition coefficient (Wildman–Crippen LogP) is 4.92. The Kier molecular flexibility index (Phi) is 6.90. The van der Waals surface area contributed by atoms with Gasteiger partial charge in [0.1, 0.15) is 23.8 Å². The lowest BCUT2D eigenvalue weighted by atomic mass is 9.84. The van der Waals surface area contributed by atoms with Crippen LogP contribution in [0.3, 0.4) is 0 Å². The van der Waals surface area contributed by atoms with Gasteiger partial charge in [0.05, 0.1) is 17.9 Å². The lowest BCUT2D eigenvalue weighted by molar-refractivity contribution is -0.141. The Hall–Kier alpha value is -3.51. The third-order valence-corrected chi connectivity index (χ3v) is 8.51. The van der Waals surface area contributed by atoms with Gasteiger partial charge in [0.2, 0.25) is 5.88 Å². The number of aromatic nitrogens is 6. The number of alkyl halides is 3. The minimum absolute atomic E-state index is 0.0850. The molecule has 1 N–H and O–H groups in total. The fourth-order valence-electron chi connectivity index (χ4n) is 6.23. The molecule has 1 saturated carbocycles. The molecule has 7 rings (SSSR count). The van der Waals surface area contributed by atoms with Gasteiger partial charge in [-0.1, -0.05) is 0 Å². The molecule has 41 heavy (non-hydrogen) atoms. The highest BCUT2D eigenvalue weighted by atomic mass is 19.4. The van der Waals surface area contributed by atoms with Crippen LogP contribution in [0.25, 0.3) is 22.3 Å². The SMILES string of the molecule is FC(F)(F)c1cc(CN2CCCC2)cc(OC2CCN(C3C[C](n4cc(-c5ncnc6[nH]ccc56)cn4)C3)CC2)n1. The lowest BCUT2D eigenvalue weighted by Gasteiger charge is -2.45. The molecule has 215 valence electrons. The fourth-order valence-corrected chi connectivity index (χ4v) is 6.23. The number of fused-ring (bicyclic) bond motifs is 1. The van der Waals surface area contributed by atoms with E-state index in [1.807, 2.05) is 29.3 Å². The Morgan fingerprint density at radius 1 is 1.02 bits per heavy atom. The molecule has 0 aromatic carbocycles. The van der Waals surface area contributed by atoms with E-state index in [0.29, 0.717) is 18.2 Å². The van der Waals surface area contributed by atoms with Crippen LogP contribution in [0.4, 0.5) is 13.2 Å². The average molecular weight is 566 g/mol. The second-order valence-electron chi connectivity index (χ2n) is 11.3. The zero-order valence-corrected chi connectivity index (χ0v) is 22.6. The third kappa shape index (κ3) is 5.54. The zero-order valence-electron chi connectivity index (χ0n) is 22.6. The van der Waals surface area contributed by atoms with Gasteiger partial charge in [-0.15, -0.1) is 0 Å². The van der Waals surface area contributed by atoms with Gasteiger partial charge in [0.15, 0.2) is 0 Å². The van der Waals surface area contributed by atoms with Crippen molar-refractivity contribution in [2.24, 2.45) is 0 Å². The number of hydrogen-bond acceptors (Lipinski definition) is 7. The minimum atomic E-state index is -4.50. The van der Waals surface area contributed by atoms with Gasteiger partial charge in [-0.25, -0.2) is 15.0 Å².